The largest absolute Gasteiger partial charge is 0.479 e. The van der Waals surface area contributed by atoms with Gasteiger partial charge in [0.25, 0.3) is 0 Å². The van der Waals surface area contributed by atoms with Crippen LogP contribution in [0.25, 0.3) is 11.3 Å². The predicted molar refractivity (Wildman–Crippen MR) is 84.1 cm³/mol. The van der Waals surface area contributed by atoms with Crippen molar-refractivity contribution in [2.24, 2.45) is 0 Å². The number of methoxy groups -OCH3 is 1. The summed E-state index contributed by atoms with van der Waals surface area (Å²) in [5, 5.41) is 13.9. The number of benzene rings is 1. The second kappa shape index (κ2) is 6.72. The monoisotopic (exact) mass is 331 g/mol. The van der Waals surface area contributed by atoms with Crippen LogP contribution in [0.4, 0.5) is 0 Å². The van der Waals surface area contributed by atoms with E-state index in [-0.39, 0.29) is 6.61 Å². The molecule has 0 saturated heterocycles. The molecule has 0 amide bonds. The van der Waals surface area contributed by atoms with Gasteiger partial charge in [0.05, 0.1) is 25.5 Å². The van der Waals surface area contributed by atoms with Crippen LogP contribution in [-0.4, -0.2) is 36.9 Å². The Morgan fingerprint density at radius 2 is 2.17 bits per heavy atom. The Hall–Kier alpha value is -2.51. The van der Waals surface area contributed by atoms with E-state index in [9.17, 15) is 5.11 Å². The van der Waals surface area contributed by atoms with Crippen molar-refractivity contribution in [2.45, 2.75) is 13.2 Å². The summed E-state index contributed by atoms with van der Waals surface area (Å²) < 4.78 is 6.85. The van der Waals surface area contributed by atoms with Crippen LogP contribution in [0.15, 0.2) is 36.8 Å². The summed E-state index contributed by atoms with van der Waals surface area (Å²) in [6.07, 6.45) is 3.00. The molecule has 0 saturated carbocycles. The lowest BCUT2D eigenvalue weighted by molar-refractivity contribution is 0.263. The zero-order valence-electron chi connectivity index (χ0n) is 12.3. The van der Waals surface area contributed by atoms with E-state index in [2.05, 4.69) is 20.1 Å². The molecule has 1 aromatic carbocycles. The molecule has 7 nitrogen and oxygen atoms in total. The highest BCUT2D eigenvalue weighted by Gasteiger charge is 2.13. The number of hydrogen-bond acceptors (Lipinski definition) is 6. The predicted octanol–water partition coefficient (Wildman–Crippen LogP) is 1.94. The summed E-state index contributed by atoms with van der Waals surface area (Å²) in [6, 6.07) is 7.31. The Bertz CT molecular complexity index is 821. The molecule has 0 atom stereocenters. The van der Waals surface area contributed by atoms with E-state index in [1.165, 1.54) is 6.33 Å². The molecule has 3 aromatic rings. The standard InChI is InChI=1S/C15H14ClN5O2/c1-23-15-14(10-3-2-4-11(16)5-10)20-12(6-17-15)7-21-13(8-22)18-9-19-21/h2-6,9,22H,7-8H2,1H3. The highest BCUT2D eigenvalue weighted by atomic mass is 35.5. The van der Waals surface area contributed by atoms with Gasteiger partial charge in [-0.2, -0.15) is 5.10 Å². The SMILES string of the molecule is COc1ncc(Cn2ncnc2CO)nc1-c1cccc(Cl)c1. The van der Waals surface area contributed by atoms with Crippen molar-refractivity contribution in [3.63, 3.8) is 0 Å². The molecule has 2 heterocycles. The summed E-state index contributed by atoms with van der Waals surface area (Å²) in [6.45, 7) is 0.158. The van der Waals surface area contributed by atoms with E-state index in [0.29, 0.717) is 34.7 Å². The maximum atomic E-state index is 9.24. The average Bonchev–Trinajstić information content (AvgIpc) is 3.02. The molecule has 0 spiro atoms. The van der Waals surface area contributed by atoms with E-state index in [4.69, 9.17) is 16.3 Å². The van der Waals surface area contributed by atoms with Gasteiger partial charge in [-0.15, -0.1) is 0 Å². The molecule has 0 bridgehead atoms. The minimum absolute atomic E-state index is 0.190. The molecular formula is C15H14ClN5O2. The van der Waals surface area contributed by atoms with Crippen molar-refractivity contribution >= 4 is 11.6 Å². The van der Waals surface area contributed by atoms with E-state index in [0.717, 1.165) is 5.56 Å². The number of aliphatic hydroxyl groups is 1. The second-order valence-corrected chi connectivity index (χ2v) is 5.16. The van der Waals surface area contributed by atoms with Crippen molar-refractivity contribution < 1.29 is 9.84 Å². The molecule has 8 heteroatoms. The fourth-order valence-electron chi connectivity index (χ4n) is 2.16. The number of nitrogens with zero attached hydrogens (tertiary/aromatic N) is 5. The highest BCUT2D eigenvalue weighted by Crippen LogP contribution is 2.28. The van der Waals surface area contributed by atoms with Crippen LogP contribution in [0.5, 0.6) is 5.88 Å². The Labute approximate surface area is 137 Å². The lowest BCUT2D eigenvalue weighted by atomic mass is 10.1. The molecule has 118 valence electrons. The first-order valence-corrected chi connectivity index (χ1v) is 7.22. The maximum absolute atomic E-state index is 9.24. The van der Waals surface area contributed by atoms with Crippen molar-refractivity contribution in [1.82, 2.24) is 24.7 Å². The van der Waals surface area contributed by atoms with Crippen molar-refractivity contribution in [3.05, 3.63) is 53.3 Å². The van der Waals surface area contributed by atoms with Crippen LogP contribution in [-0.2, 0) is 13.2 Å². The topological polar surface area (TPSA) is 86.0 Å². The Kier molecular flexibility index (Phi) is 4.50. The number of halogens is 1. The second-order valence-electron chi connectivity index (χ2n) is 4.72. The fourth-order valence-corrected chi connectivity index (χ4v) is 2.35. The van der Waals surface area contributed by atoms with E-state index >= 15 is 0 Å². The number of aromatic nitrogens is 5. The molecular weight excluding hydrogens is 318 g/mol. The smallest absolute Gasteiger partial charge is 0.240 e. The van der Waals surface area contributed by atoms with Crippen molar-refractivity contribution in [1.29, 1.82) is 0 Å². The molecule has 3 rings (SSSR count). The lowest BCUT2D eigenvalue weighted by Gasteiger charge is -2.10. The molecule has 2 aromatic heterocycles. The van der Waals surface area contributed by atoms with E-state index in [1.807, 2.05) is 12.1 Å². The van der Waals surface area contributed by atoms with Gasteiger partial charge in [0, 0.05) is 10.6 Å². The van der Waals surface area contributed by atoms with Crippen molar-refractivity contribution in [2.75, 3.05) is 7.11 Å². The number of aliphatic hydroxyl groups excluding tert-OH is 1. The van der Waals surface area contributed by atoms with Gasteiger partial charge in [0.15, 0.2) is 5.82 Å². The van der Waals surface area contributed by atoms with Crippen LogP contribution >= 0.6 is 11.6 Å². The van der Waals surface area contributed by atoms with Crippen LogP contribution in [0.2, 0.25) is 5.02 Å². The summed E-state index contributed by atoms with van der Waals surface area (Å²) in [5.74, 6) is 0.879. The normalized spacial score (nSPS) is 10.7. The third-order valence-corrected chi connectivity index (χ3v) is 3.46. The summed E-state index contributed by atoms with van der Waals surface area (Å²) in [7, 11) is 1.54. The van der Waals surface area contributed by atoms with Gasteiger partial charge in [0.2, 0.25) is 5.88 Å². The number of rotatable bonds is 5. The van der Waals surface area contributed by atoms with Gasteiger partial charge in [-0.25, -0.2) is 19.6 Å². The first kappa shape index (κ1) is 15.4. The Morgan fingerprint density at radius 1 is 1.30 bits per heavy atom. The molecule has 23 heavy (non-hydrogen) atoms. The minimum Gasteiger partial charge on any atom is -0.479 e. The van der Waals surface area contributed by atoms with Crippen LogP contribution in [0.3, 0.4) is 0 Å². The molecule has 1 N–H and O–H groups in total. The van der Waals surface area contributed by atoms with Crippen molar-refractivity contribution in [3.8, 4) is 17.1 Å². The van der Waals surface area contributed by atoms with Crippen LogP contribution < -0.4 is 4.74 Å². The zero-order chi connectivity index (χ0) is 16.2. The van der Waals surface area contributed by atoms with Gasteiger partial charge in [0.1, 0.15) is 18.6 Å². The van der Waals surface area contributed by atoms with Gasteiger partial charge in [-0.1, -0.05) is 23.7 Å². The summed E-state index contributed by atoms with van der Waals surface area (Å²) in [4.78, 5) is 12.8. The van der Waals surface area contributed by atoms with Gasteiger partial charge in [-0.05, 0) is 12.1 Å². The van der Waals surface area contributed by atoms with Gasteiger partial charge >= 0.3 is 0 Å². The Balaban J connectivity index is 1.99. The molecule has 0 aliphatic rings. The summed E-state index contributed by atoms with van der Waals surface area (Å²) in [5.41, 5.74) is 2.07. The summed E-state index contributed by atoms with van der Waals surface area (Å²) >= 11 is 6.05. The highest BCUT2D eigenvalue weighted by molar-refractivity contribution is 6.30. The Morgan fingerprint density at radius 3 is 2.91 bits per heavy atom. The maximum Gasteiger partial charge on any atom is 0.240 e. The molecule has 0 aliphatic carbocycles. The third kappa shape index (κ3) is 3.30. The molecule has 0 fully saturated rings. The lowest BCUT2D eigenvalue weighted by Crippen LogP contribution is -2.09. The average molecular weight is 332 g/mol. The first-order chi connectivity index (χ1) is 11.2. The van der Waals surface area contributed by atoms with Crippen LogP contribution in [0, 0.1) is 0 Å². The molecule has 0 aliphatic heterocycles. The molecule has 0 unspecified atom stereocenters. The first-order valence-electron chi connectivity index (χ1n) is 6.84. The van der Waals surface area contributed by atoms with Crippen LogP contribution in [0.1, 0.15) is 11.5 Å². The minimum atomic E-state index is -0.190. The quantitative estimate of drug-likeness (QED) is 0.769. The number of hydrogen-bond donors (Lipinski definition) is 1. The molecule has 0 radical (unpaired) electrons. The third-order valence-electron chi connectivity index (χ3n) is 3.23. The van der Waals surface area contributed by atoms with E-state index < -0.39 is 0 Å². The van der Waals surface area contributed by atoms with E-state index in [1.54, 1.807) is 30.1 Å². The zero-order valence-corrected chi connectivity index (χ0v) is 13.1. The van der Waals surface area contributed by atoms with Gasteiger partial charge < -0.3 is 9.84 Å². The fraction of sp³-hybridized carbons (Fsp3) is 0.200. The number of ether oxygens (including phenoxy) is 1. The van der Waals surface area contributed by atoms with Gasteiger partial charge in [-0.3, -0.25) is 0 Å².